The lowest BCUT2D eigenvalue weighted by atomic mass is 9.85. The normalized spacial score (nSPS) is 16.3. The number of halogens is 2. The van der Waals surface area contributed by atoms with Gasteiger partial charge in [0.25, 0.3) is 5.91 Å². The highest BCUT2D eigenvalue weighted by Gasteiger charge is 2.45. The van der Waals surface area contributed by atoms with E-state index in [0.717, 1.165) is 19.0 Å². The van der Waals surface area contributed by atoms with E-state index < -0.39 is 17.0 Å². The van der Waals surface area contributed by atoms with Crippen molar-refractivity contribution in [2.75, 3.05) is 18.4 Å². The molecular weight excluding hydrogens is 480 g/mol. The number of nitrogens with one attached hydrogen (secondary N) is 1. The fourth-order valence-electron chi connectivity index (χ4n) is 4.95. The van der Waals surface area contributed by atoms with Crippen molar-refractivity contribution in [3.05, 3.63) is 65.0 Å². The molecule has 1 saturated heterocycles. The zero-order valence-electron chi connectivity index (χ0n) is 20.3. The maximum absolute atomic E-state index is 14.4. The molecule has 11 heteroatoms. The third kappa shape index (κ3) is 3.73. The highest BCUT2D eigenvalue weighted by molar-refractivity contribution is 6.09. The van der Waals surface area contributed by atoms with Crippen LogP contribution < -0.4 is 5.32 Å². The summed E-state index contributed by atoms with van der Waals surface area (Å²) >= 11 is 0. The lowest BCUT2D eigenvalue weighted by Crippen LogP contribution is -2.33. The van der Waals surface area contributed by atoms with Crippen LogP contribution in [-0.2, 0) is 16.8 Å². The van der Waals surface area contributed by atoms with Crippen LogP contribution in [0.2, 0.25) is 0 Å². The summed E-state index contributed by atoms with van der Waals surface area (Å²) in [5.41, 5.74) is 0.386. The number of benzene rings is 1. The van der Waals surface area contributed by atoms with Crippen LogP contribution in [-0.4, -0.2) is 54.5 Å². The molecule has 0 radical (unpaired) electrons. The monoisotopic (exact) mass is 503 g/mol. The molecule has 0 atom stereocenters. The van der Waals surface area contributed by atoms with Crippen molar-refractivity contribution in [2.24, 2.45) is 0 Å². The van der Waals surface area contributed by atoms with Crippen LogP contribution in [0.4, 0.5) is 14.6 Å². The summed E-state index contributed by atoms with van der Waals surface area (Å²) in [4.78, 5) is 41.4. The van der Waals surface area contributed by atoms with Gasteiger partial charge in [-0.2, -0.15) is 5.10 Å². The quantitative estimate of drug-likeness (QED) is 0.456. The van der Waals surface area contributed by atoms with E-state index in [9.17, 15) is 18.4 Å². The number of fused-ring (bicyclic) bond motifs is 2. The number of hydrogen-bond donors (Lipinski definition) is 1. The SMILES string of the molecule is CC1(C)C(=O)Nc2nc(-c3nn(Cc4ccccc4F)c4ncc(F)cc34)nc(C(=O)N3CCCC3)c21. The fraction of sp³-hybridized carbons (Fsp3) is 0.308. The lowest BCUT2D eigenvalue weighted by Gasteiger charge is -2.21. The second-order valence-corrected chi connectivity index (χ2v) is 9.82. The Morgan fingerprint density at radius 3 is 2.65 bits per heavy atom. The van der Waals surface area contributed by atoms with Crippen molar-refractivity contribution >= 4 is 28.7 Å². The fourth-order valence-corrected chi connectivity index (χ4v) is 4.95. The van der Waals surface area contributed by atoms with Crippen LogP contribution in [0.3, 0.4) is 0 Å². The molecule has 9 nitrogen and oxygen atoms in total. The molecule has 2 aliphatic heterocycles. The van der Waals surface area contributed by atoms with E-state index in [1.165, 1.54) is 16.8 Å². The summed E-state index contributed by atoms with van der Waals surface area (Å²) in [6.45, 7) is 4.68. The van der Waals surface area contributed by atoms with Crippen molar-refractivity contribution in [3.8, 4) is 11.5 Å². The molecule has 2 aliphatic rings. The molecule has 3 aromatic heterocycles. The van der Waals surface area contributed by atoms with Crippen molar-refractivity contribution < 1.29 is 18.4 Å². The molecule has 1 aromatic carbocycles. The van der Waals surface area contributed by atoms with Gasteiger partial charge in [0.15, 0.2) is 11.5 Å². The number of hydrogen-bond acceptors (Lipinski definition) is 6. The van der Waals surface area contributed by atoms with Crippen LogP contribution in [0.5, 0.6) is 0 Å². The molecule has 2 amide bonds. The van der Waals surface area contributed by atoms with Crippen molar-refractivity contribution in [1.29, 1.82) is 0 Å². The minimum absolute atomic E-state index is 0.0378. The molecule has 0 bridgehead atoms. The number of likely N-dealkylation sites (tertiary alicyclic amines) is 1. The number of rotatable bonds is 4. The number of anilines is 1. The second-order valence-electron chi connectivity index (χ2n) is 9.82. The topological polar surface area (TPSA) is 106 Å². The number of carbonyl (C=O) groups excluding carboxylic acids is 2. The third-order valence-electron chi connectivity index (χ3n) is 6.97. The van der Waals surface area contributed by atoms with Crippen LogP contribution in [0.15, 0.2) is 36.5 Å². The summed E-state index contributed by atoms with van der Waals surface area (Å²) in [5, 5.41) is 7.64. The standard InChI is InChI=1S/C26H23F2N7O2/c1-26(2)18-20(24(36)34-9-5-6-10-34)30-22(31-21(18)32-25(26)37)19-16-11-15(27)12-29-23(16)35(33-19)13-14-7-3-4-8-17(14)28/h3-4,7-8,11-12H,5-6,9-10,13H2,1-2H3,(H,30,31,32,37). The van der Waals surface area contributed by atoms with E-state index in [-0.39, 0.29) is 41.4 Å². The van der Waals surface area contributed by atoms with E-state index >= 15 is 0 Å². The molecule has 0 spiro atoms. The molecule has 4 aromatic rings. The number of pyridine rings is 1. The van der Waals surface area contributed by atoms with Gasteiger partial charge in [-0.05, 0) is 38.8 Å². The minimum atomic E-state index is -1.02. The third-order valence-corrected chi connectivity index (χ3v) is 6.97. The Balaban J connectivity index is 1.55. The smallest absolute Gasteiger partial charge is 0.273 e. The Morgan fingerprint density at radius 2 is 1.89 bits per heavy atom. The summed E-state index contributed by atoms with van der Waals surface area (Å²) in [5.74, 6) is -1.32. The largest absolute Gasteiger partial charge is 0.337 e. The Hall–Kier alpha value is -4.28. The van der Waals surface area contributed by atoms with Gasteiger partial charge in [-0.3, -0.25) is 9.59 Å². The van der Waals surface area contributed by atoms with E-state index in [4.69, 9.17) is 0 Å². The van der Waals surface area contributed by atoms with Crippen molar-refractivity contribution in [1.82, 2.24) is 29.6 Å². The lowest BCUT2D eigenvalue weighted by molar-refractivity contribution is -0.119. The Bertz CT molecular complexity index is 1590. The first-order chi connectivity index (χ1) is 17.7. The molecule has 1 fully saturated rings. The predicted octanol–water partition coefficient (Wildman–Crippen LogP) is 3.68. The zero-order valence-corrected chi connectivity index (χ0v) is 20.3. The van der Waals surface area contributed by atoms with Gasteiger partial charge < -0.3 is 10.2 Å². The number of aromatic nitrogens is 5. The van der Waals surface area contributed by atoms with Crippen LogP contribution in [0, 0.1) is 11.6 Å². The highest BCUT2D eigenvalue weighted by atomic mass is 19.1. The van der Waals surface area contributed by atoms with Crippen molar-refractivity contribution in [3.63, 3.8) is 0 Å². The zero-order chi connectivity index (χ0) is 25.9. The van der Waals surface area contributed by atoms with E-state index in [2.05, 4.69) is 25.4 Å². The van der Waals surface area contributed by atoms with Crippen LogP contribution in [0.1, 0.15) is 48.3 Å². The molecule has 6 rings (SSSR count). The molecule has 0 unspecified atom stereocenters. The second kappa shape index (κ2) is 8.39. The Labute approximate surface area is 210 Å². The van der Waals surface area contributed by atoms with E-state index in [1.807, 2.05) is 0 Å². The first-order valence-electron chi connectivity index (χ1n) is 12.0. The predicted molar refractivity (Wildman–Crippen MR) is 131 cm³/mol. The van der Waals surface area contributed by atoms with E-state index in [1.54, 1.807) is 36.9 Å². The number of amides is 2. The maximum atomic E-state index is 14.4. The highest BCUT2D eigenvalue weighted by Crippen LogP contribution is 2.40. The summed E-state index contributed by atoms with van der Waals surface area (Å²) in [6, 6.07) is 7.53. The van der Waals surface area contributed by atoms with Gasteiger partial charge in [0, 0.05) is 24.2 Å². The first-order valence-corrected chi connectivity index (χ1v) is 12.0. The average Bonchev–Trinajstić information content (AvgIpc) is 3.57. The van der Waals surface area contributed by atoms with Gasteiger partial charge in [0.1, 0.15) is 28.8 Å². The van der Waals surface area contributed by atoms with Gasteiger partial charge in [-0.25, -0.2) is 28.4 Å². The number of carbonyl (C=O) groups is 2. The first kappa shape index (κ1) is 23.1. The van der Waals surface area contributed by atoms with Gasteiger partial charge in [0.2, 0.25) is 5.91 Å². The Morgan fingerprint density at radius 1 is 1.14 bits per heavy atom. The summed E-state index contributed by atoms with van der Waals surface area (Å²) < 4.78 is 30.1. The maximum Gasteiger partial charge on any atom is 0.273 e. The van der Waals surface area contributed by atoms with E-state index in [0.29, 0.717) is 35.2 Å². The molecular formula is C26H23F2N7O2. The molecule has 188 valence electrons. The van der Waals surface area contributed by atoms with Crippen LogP contribution in [0.25, 0.3) is 22.6 Å². The van der Waals surface area contributed by atoms with Gasteiger partial charge in [-0.15, -0.1) is 0 Å². The summed E-state index contributed by atoms with van der Waals surface area (Å²) in [7, 11) is 0. The van der Waals surface area contributed by atoms with Gasteiger partial charge >= 0.3 is 0 Å². The molecule has 1 N–H and O–H groups in total. The molecule has 0 saturated carbocycles. The van der Waals surface area contributed by atoms with Gasteiger partial charge in [0.05, 0.1) is 23.5 Å². The summed E-state index contributed by atoms with van der Waals surface area (Å²) in [6.07, 6.45) is 2.84. The minimum Gasteiger partial charge on any atom is -0.337 e. The number of nitrogens with zero attached hydrogens (tertiary/aromatic N) is 6. The molecule has 5 heterocycles. The Kier molecular flexibility index (Phi) is 5.25. The van der Waals surface area contributed by atoms with Crippen molar-refractivity contribution in [2.45, 2.75) is 38.6 Å². The molecule has 37 heavy (non-hydrogen) atoms. The molecule has 0 aliphatic carbocycles. The van der Waals surface area contributed by atoms with Gasteiger partial charge in [-0.1, -0.05) is 18.2 Å². The van der Waals surface area contributed by atoms with Crippen LogP contribution >= 0.6 is 0 Å². The average molecular weight is 504 g/mol.